The van der Waals surface area contributed by atoms with Crippen LogP contribution in [0.3, 0.4) is 0 Å². The Morgan fingerprint density at radius 1 is 1.36 bits per heavy atom. The summed E-state index contributed by atoms with van der Waals surface area (Å²) in [6, 6.07) is 0. The van der Waals surface area contributed by atoms with Crippen molar-refractivity contribution in [1.29, 1.82) is 0 Å². The fraction of sp³-hybridized carbons (Fsp3) is 0.524. The molecule has 0 heterocycles. The van der Waals surface area contributed by atoms with Crippen molar-refractivity contribution in [3.05, 3.63) is 47.3 Å². The molecule has 1 N–H and O–H groups in total. The first kappa shape index (κ1) is 19.2. The molecule has 0 amide bonds. The number of esters is 1. The van der Waals surface area contributed by atoms with Crippen molar-refractivity contribution in [3.8, 4) is 0 Å². The van der Waals surface area contributed by atoms with Crippen molar-refractivity contribution in [2.24, 2.45) is 23.7 Å². The number of ether oxygens (including phenoxy) is 1. The summed E-state index contributed by atoms with van der Waals surface area (Å²) in [5.74, 6) is -0.692. The fourth-order valence-electron chi connectivity index (χ4n) is 4.12. The third-order valence-corrected chi connectivity index (χ3v) is 5.49. The maximum absolute atomic E-state index is 12.5. The van der Waals surface area contributed by atoms with E-state index in [-0.39, 0.29) is 41.2 Å². The Kier molecular flexibility index (Phi) is 5.71. The number of aliphatic hydroxyl groups is 1. The van der Waals surface area contributed by atoms with Gasteiger partial charge in [0.1, 0.15) is 5.76 Å². The van der Waals surface area contributed by atoms with Crippen LogP contribution in [0.2, 0.25) is 0 Å². The van der Waals surface area contributed by atoms with Gasteiger partial charge in [-0.2, -0.15) is 0 Å². The van der Waals surface area contributed by atoms with Gasteiger partial charge in [-0.3, -0.25) is 4.79 Å². The Morgan fingerprint density at radius 2 is 2.00 bits per heavy atom. The largest absolute Gasteiger partial charge is 0.512 e. The van der Waals surface area contributed by atoms with Crippen LogP contribution in [0.25, 0.3) is 0 Å². The summed E-state index contributed by atoms with van der Waals surface area (Å²) < 4.78 is 4.82. The van der Waals surface area contributed by atoms with E-state index in [0.29, 0.717) is 17.6 Å². The van der Waals surface area contributed by atoms with Crippen molar-refractivity contribution >= 4 is 11.8 Å². The summed E-state index contributed by atoms with van der Waals surface area (Å²) in [6.07, 6.45) is 3.85. The first-order valence-electron chi connectivity index (χ1n) is 8.75. The summed E-state index contributed by atoms with van der Waals surface area (Å²) in [7, 11) is 1.35. The smallest absolute Gasteiger partial charge is 0.333 e. The van der Waals surface area contributed by atoms with Gasteiger partial charge in [0, 0.05) is 29.4 Å². The van der Waals surface area contributed by atoms with Gasteiger partial charge in [-0.05, 0) is 38.5 Å². The van der Waals surface area contributed by atoms with E-state index in [9.17, 15) is 14.7 Å². The second-order valence-electron chi connectivity index (χ2n) is 7.37. The van der Waals surface area contributed by atoms with Gasteiger partial charge in [0.25, 0.3) is 0 Å². The summed E-state index contributed by atoms with van der Waals surface area (Å²) in [5.41, 5.74) is 2.91. The van der Waals surface area contributed by atoms with E-state index in [1.807, 2.05) is 19.9 Å². The quantitative estimate of drug-likeness (QED) is 0.469. The number of allylic oxidation sites excluding steroid dienone is 5. The fourth-order valence-corrected chi connectivity index (χ4v) is 4.12. The average Bonchev–Trinajstić information content (AvgIpc) is 2.79. The highest BCUT2D eigenvalue weighted by atomic mass is 16.5. The number of aliphatic hydroxyl groups excluding tert-OH is 1. The van der Waals surface area contributed by atoms with Crippen LogP contribution in [0, 0.1) is 23.7 Å². The Hall–Kier alpha value is -2.10. The minimum Gasteiger partial charge on any atom is -0.512 e. The van der Waals surface area contributed by atoms with Crippen molar-refractivity contribution in [3.63, 3.8) is 0 Å². The third kappa shape index (κ3) is 3.63. The van der Waals surface area contributed by atoms with Crippen LogP contribution < -0.4 is 0 Å². The average molecular weight is 344 g/mol. The number of ketones is 1. The number of rotatable bonds is 4. The van der Waals surface area contributed by atoms with Crippen molar-refractivity contribution < 1.29 is 19.4 Å². The number of hydrogen-bond acceptors (Lipinski definition) is 4. The maximum atomic E-state index is 12.5. The van der Waals surface area contributed by atoms with Gasteiger partial charge in [0.2, 0.25) is 0 Å². The van der Waals surface area contributed by atoms with E-state index in [4.69, 9.17) is 4.74 Å². The van der Waals surface area contributed by atoms with E-state index in [2.05, 4.69) is 13.2 Å². The predicted molar refractivity (Wildman–Crippen MR) is 97.9 cm³/mol. The highest BCUT2D eigenvalue weighted by Gasteiger charge is 2.43. The lowest BCUT2D eigenvalue weighted by Gasteiger charge is -2.39. The second-order valence-corrected chi connectivity index (χ2v) is 7.37. The van der Waals surface area contributed by atoms with Gasteiger partial charge in [0.15, 0.2) is 5.78 Å². The molecule has 2 aliphatic rings. The van der Waals surface area contributed by atoms with E-state index in [0.717, 1.165) is 24.0 Å². The summed E-state index contributed by atoms with van der Waals surface area (Å²) in [6.45, 7) is 13.8. The lowest BCUT2D eigenvalue weighted by Crippen LogP contribution is -2.32. The normalized spacial score (nSPS) is 30.6. The minimum absolute atomic E-state index is 0.0207. The molecule has 4 atom stereocenters. The van der Waals surface area contributed by atoms with Crippen LogP contribution in [-0.4, -0.2) is 24.0 Å². The number of carbonyl (C=O) groups excluding carboxylic acids is 2. The van der Waals surface area contributed by atoms with Crippen LogP contribution in [0.15, 0.2) is 47.3 Å². The Balaban J connectivity index is 2.56. The van der Waals surface area contributed by atoms with Crippen LogP contribution in [0.5, 0.6) is 0 Å². The lowest BCUT2D eigenvalue weighted by molar-refractivity contribution is -0.136. The molecule has 1 fully saturated rings. The Labute approximate surface area is 149 Å². The highest BCUT2D eigenvalue weighted by molar-refractivity contribution is 5.99. The van der Waals surface area contributed by atoms with Gasteiger partial charge in [-0.15, -0.1) is 0 Å². The molecule has 0 radical (unpaired) electrons. The zero-order valence-electron chi connectivity index (χ0n) is 15.6. The van der Waals surface area contributed by atoms with Gasteiger partial charge in [-0.1, -0.05) is 37.3 Å². The number of hydrogen-bond donors (Lipinski definition) is 1. The molecule has 4 nitrogen and oxygen atoms in total. The van der Waals surface area contributed by atoms with Crippen LogP contribution >= 0.6 is 0 Å². The Bertz CT molecular complexity index is 680. The van der Waals surface area contributed by atoms with Gasteiger partial charge in [-0.25, -0.2) is 4.79 Å². The molecule has 4 heteroatoms. The monoisotopic (exact) mass is 344 g/mol. The van der Waals surface area contributed by atoms with Crippen LogP contribution in [-0.2, 0) is 14.3 Å². The molecule has 1 saturated carbocycles. The molecule has 2 aliphatic carbocycles. The molecular formula is C21H28O4. The first-order chi connectivity index (χ1) is 11.7. The van der Waals surface area contributed by atoms with Crippen molar-refractivity contribution in [1.82, 2.24) is 0 Å². The standard InChI is InChI=1S/C21H28O4/c1-11(2)15-8-7-12(3)18(16(15)9-14(5)21(24)25-6)19-17(22)10-13(4)20(19)23/h9,13,15-16,18,23H,1,3,7-8,10H2,2,4-6H3/b14-9-/t13-,15+,16+,18+/m1/s1. The van der Waals surface area contributed by atoms with Crippen molar-refractivity contribution in [2.45, 2.75) is 40.0 Å². The topological polar surface area (TPSA) is 63.6 Å². The Morgan fingerprint density at radius 3 is 2.48 bits per heavy atom. The molecule has 0 aromatic rings. The summed E-state index contributed by atoms with van der Waals surface area (Å²) in [4.78, 5) is 24.4. The molecule has 0 aromatic heterocycles. The van der Waals surface area contributed by atoms with E-state index >= 15 is 0 Å². The van der Waals surface area contributed by atoms with Crippen LogP contribution in [0.1, 0.15) is 40.0 Å². The number of methoxy groups -OCH3 is 1. The molecule has 0 bridgehead atoms. The molecule has 0 unspecified atom stereocenters. The van der Waals surface area contributed by atoms with Gasteiger partial charge in [0.05, 0.1) is 7.11 Å². The molecular weight excluding hydrogens is 316 g/mol. The molecule has 0 aromatic carbocycles. The molecule has 136 valence electrons. The van der Waals surface area contributed by atoms with Crippen molar-refractivity contribution in [2.75, 3.05) is 7.11 Å². The van der Waals surface area contributed by atoms with Crippen LogP contribution in [0.4, 0.5) is 0 Å². The zero-order chi connectivity index (χ0) is 18.9. The third-order valence-electron chi connectivity index (χ3n) is 5.49. The van der Waals surface area contributed by atoms with Gasteiger partial charge >= 0.3 is 5.97 Å². The minimum atomic E-state index is -0.389. The molecule has 0 spiro atoms. The number of Topliss-reactive ketones (excluding diaryl/α,β-unsaturated/α-hetero) is 1. The molecule has 25 heavy (non-hydrogen) atoms. The number of carbonyl (C=O) groups is 2. The molecule has 0 aliphatic heterocycles. The lowest BCUT2D eigenvalue weighted by atomic mass is 9.64. The summed E-state index contributed by atoms with van der Waals surface area (Å²) in [5, 5.41) is 10.5. The summed E-state index contributed by atoms with van der Waals surface area (Å²) >= 11 is 0. The maximum Gasteiger partial charge on any atom is 0.333 e. The molecule has 2 rings (SSSR count). The van der Waals surface area contributed by atoms with E-state index in [1.165, 1.54) is 7.11 Å². The predicted octanol–water partition coefficient (Wildman–Crippen LogP) is 4.30. The van der Waals surface area contributed by atoms with Gasteiger partial charge < -0.3 is 9.84 Å². The first-order valence-corrected chi connectivity index (χ1v) is 8.75. The molecule has 0 saturated heterocycles. The SMILES string of the molecule is C=C1CC[C@@H](C(=C)C)[C@H](/C=C(/C)C(=O)OC)[C@H]1C1=C(O)[C@H](C)CC1=O. The van der Waals surface area contributed by atoms with E-state index < -0.39 is 0 Å². The van der Waals surface area contributed by atoms with E-state index in [1.54, 1.807) is 6.92 Å². The zero-order valence-corrected chi connectivity index (χ0v) is 15.6. The second kappa shape index (κ2) is 7.42. The highest BCUT2D eigenvalue weighted by Crippen LogP contribution is 2.48.